The molecule has 10 nitrogen and oxygen atoms in total. The third kappa shape index (κ3) is 4.80. The summed E-state index contributed by atoms with van der Waals surface area (Å²) in [5, 5.41) is 7.52. The highest BCUT2D eigenvalue weighted by Crippen LogP contribution is 2.16. The summed E-state index contributed by atoms with van der Waals surface area (Å²) in [7, 11) is -1.88. The Balaban J connectivity index is 1.60. The number of anilines is 1. The second-order valence-electron chi connectivity index (χ2n) is 7.13. The molecular formula is C18H26N8O2S. The maximum absolute atomic E-state index is 12.5. The van der Waals surface area contributed by atoms with Gasteiger partial charge in [-0.1, -0.05) is 13.8 Å². The SMILES string of the molecule is Cc1cc(C)n(-c2cc(NCCNS(=O)(=O)c3cn(C)c(C(C)C)n3)ncn2)n1. The lowest BCUT2D eigenvalue weighted by Crippen LogP contribution is -2.29. The van der Waals surface area contributed by atoms with Crippen LogP contribution < -0.4 is 10.0 Å². The van der Waals surface area contributed by atoms with E-state index in [1.807, 2.05) is 33.8 Å². The normalized spacial score (nSPS) is 11.9. The van der Waals surface area contributed by atoms with Crippen LogP contribution in [0.1, 0.15) is 37.0 Å². The average Bonchev–Trinajstić information content (AvgIpc) is 3.21. The molecule has 0 radical (unpaired) electrons. The molecule has 0 unspecified atom stereocenters. The van der Waals surface area contributed by atoms with Crippen LogP contribution in [0.2, 0.25) is 0 Å². The van der Waals surface area contributed by atoms with E-state index in [1.165, 1.54) is 12.5 Å². The number of aromatic nitrogens is 6. The largest absolute Gasteiger partial charge is 0.369 e. The van der Waals surface area contributed by atoms with Gasteiger partial charge in [0.25, 0.3) is 10.0 Å². The van der Waals surface area contributed by atoms with Gasteiger partial charge in [-0.2, -0.15) is 5.10 Å². The van der Waals surface area contributed by atoms with Gasteiger partial charge in [-0.25, -0.2) is 32.8 Å². The zero-order valence-electron chi connectivity index (χ0n) is 17.2. The Hall–Kier alpha value is -2.79. The van der Waals surface area contributed by atoms with Crippen molar-refractivity contribution >= 4 is 15.8 Å². The Morgan fingerprint density at radius 2 is 1.90 bits per heavy atom. The molecule has 0 spiro atoms. The van der Waals surface area contributed by atoms with Crippen LogP contribution in [0.15, 0.2) is 29.7 Å². The molecule has 0 fully saturated rings. The molecule has 0 aliphatic carbocycles. The summed E-state index contributed by atoms with van der Waals surface area (Å²) in [5.41, 5.74) is 1.87. The van der Waals surface area contributed by atoms with Gasteiger partial charge in [0.05, 0.1) is 5.69 Å². The summed E-state index contributed by atoms with van der Waals surface area (Å²) in [4.78, 5) is 12.6. The monoisotopic (exact) mass is 418 g/mol. The number of hydrogen-bond donors (Lipinski definition) is 2. The molecule has 0 aromatic carbocycles. The summed E-state index contributed by atoms with van der Waals surface area (Å²) in [6, 6.07) is 3.73. The van der Waals surface area contributed by atoms with Crippen molar-refractivity contribution in [1.82, 2.24) is 34.0 Å². The molecule has 3 aromatic rings. The van der Waals surface area contributed by atoms with E-state index < -0.39 is 10.0 Å². The van der Waals surface area contributed by atoms with E-state index in [1.54, 1.807) is 22.4 Å². The lowest BCUT2D eigenvalue weighted by Gasteiger charge is -2.08. The minimum atomic E-state index is -3.67. The van der Waals surface area contributed by atoms with E-state index in [-0.39, 0.29) is 17.5 Å². The van der Waals surface area contributed by atoms with E-state index >= 15 is 0 Å². The van der Waals surface area contributed by atoms with Gasteiger partial charge >= 0.3 is 0 Å². The Bertz CT molecular complexity index is 1100. The predicted octanol–water partition coefficient (Wildman–Crippen LogP) is 1.53. The van der Waals surface area contributed by atoms with Gasteiger partial charge in [-0.3, -0.25) is 0 Å². The number of nitrogens with zero attached hydrogens (tertiary/aromatic N) is 6. The Labute approximate surface area is 170 Å². The topological polar surface area (TPSA) is 120 Å². The van der Waals surface area contributed by atoms with E-state index in [9.17, 15) is 8.42 Å². The zero-order chi connectivity index (χ0) is 21.2. The molecule has 0 saturated carbocycles. The highest BCUT2D eigenvalue weighted by molar-refractivity contribution is 7.89. The first-order valence-corrected chi connectivity index (χ1v) is 10.8. The summed E-state index contributed by atoms with van der Waals surface area (Å²) in [6.45, 7) is 8.36. The van der Waals surface area contributed by atoms with Crippen LogP contribution in [0.25, 0.3) is 5.82 Å². The fraction of sp³-hybridized carbons (Fsp3) is 0.444. The zero-order valence-corrected chi connectivity index (χ0v) is 18.0. The molecule has 3 aromatic heterocycles. The molecule has 0 aliphatic rings. The van der Waals surface area contributed by atoms with Gasteiger partial charge in [0, 0.05) is 44.0 Å². The van der Waals surface area contributed by atoms with Crippen molar-refractivity contribution in [3.8, 4) is 5.82 Å². The first kappa shape index (κ1) is 20.9. The van der Waals surface area contributed by atoms with Gasteiger partial charge < -0.3 is 9.88 Å². The third-order valence-corrected chi connectivity index (χ3v) is 5.62. The number of sulfonamides is 1. The minimum Gasteiger partial charge on any atom is -0.369 e. The maximum atomic E-state index is 12.5. The molecule has 0 saturated heterocycles. The van der Waals surface area contributed by atoms with Crippen LogP contribution in [0, 0.1) is 13.8 Å². The van der Waals surface area contributed by atoms with Crippen molar-refractivity contribution in [3.05, 3.63) is 41.9 Å². The van der Waals surface area contributed by atoms with Gasteiger partial charge in [0.1, 0.15) is 18.0 Å². The Morgan fingerprint density at radius 1 is 1.14 bits per heavy atom. The summed E-state index contributed by atoms with van der Waals surface area (Å²) in [6.07, 6.45) is 2.97. The summed E-state index contributed by atoms with van der Waals surface area (Å²) < 4.78 is 30.9. The smallest absolute Gasteiger partial charge is 0.259 e. The van der Waals surface area contributed by atoms with Crippen LogP contribution in [0.3, 0.4) is 0 Å². The molecule has 11 heteroatoms. The number of hydrogen-bond acceptors (Lipinski definition) is 7. The highest BCUT2D eigenvalue weighted by atomic mass is 32.2. The molecule has 3 rings (SSSR count). The van der Waals surface area contributed by atoms with Crippen molar-refractivity contribution in [2.45, 2.75) is 38.6 Å². The highest BCUT2D eigenvalue weighted by Gasteiger charge is 2.20. The molecule has 0 aliphatic heterocycles. The van der Waals surface area contributed by atoms with Crippen molar-refractivity contribution in [1.29, 1.82) is 0 Å². The predicted molar refractivity (Wildman–Crippen MR) is 110 cm³/mol. The second kappa shape index (κ2) is 8.29. The first-order valence-electron chi connectivity index (χ1n) is 9.30. The molecule has 0 amide bonds. The average molecular weight is 419 g/mol. The molecule has 2 N–H and O–H groups in total. The van der Waals surface area contributed by atoms with Crippen LogP contribution in [0.5, 0.6) is 0 Å². The van der Waals surface area contributed by atoms with E-state index in [0.717, 1.165) is 17.2 Å². The van der Waals surface area contributed by atoms with E-state index in [4.69, 9.17) is 0 Å². The van der Waals surface area contributed by atoms with E-state index in [2.05, 4.69) is 30.1 Å². The third-order valence-electron chi connectivity index (χ3n) is 4.28. The molecule has 0 atom stereocenters. The van der Waals surface area contributed by atoms with Gasteiger partial charge in [-0.05, 0) is 19.9 Å². The molecular weight excluding hydrogens is 392 g/mol. The van der Waals surface area contributed by atoms with E-state index in [0.29, 0.717) is 18.2 Å². The van der Waals surface area contributed by atoms with Crippen LogP contribution >= 0.6 is 0 Å². The lowest BCUT2D eigenvalue weighted by molar-refractivity contribution is 0.579. The van der Waals surface area contributed by atoms with Gasteiger partial charge in [0.15, 0.2) is 10.8 Å². The van der Waals surface area contributed by atoms with Crippen LogP contribution in [-0.2, 0) is 17.1 Å². The minimum absolute atomic E-state index is 0.0255. The maximum Gasteiger partial charge on any atom is 0.259 e. The molecule has 156 valence electrons. The summed E-state index contributed by atoms with van der Waals surface area (Å²) in [5.74, 6) is 2.09. The molecule has 0 bridgehead atoms. The molecule has 3 heterocycles. The number of nitrogens with one attached hydrogen (secondary N) is 2. The molecule has 29 heavy (non-hydrogen) atoms. The second-order valence-corrected chi connectivity index (χ2v) is 8.84. The summed E-state index contributed by atoms with van der Waals surface area (Å²) >= 11 is 0. The Morgan fingerprint density at radius 3 is 2.52 bits per heavy atom. The van der Waals surface area contributed by atoms with Crippen molar-refractivity contribution in [2.24, 2.45) is 7.05 Å². The van der Waals surface area contributed by atoms with Gasteiger partial charge in [-0.15, -0.1) is 0 Å². The number of aryl methyl sites for hydroxylation is 3. The fourth-order valence-electron chi connectivity index (χ4n) is 2.99. The number of rotatable bonds is 8. The fourth-order valence-corrected chi connectivity index (χ4v) is 4.02. The quantitative estimate of drug-likeness (QED) is 0.532. The van der Waals surface area contributed by atoms with Crippen LogP contribution in [-0.4, -0.2) is 50.8 Å². The number of imidazole rings is 1. The van der Waals surface area contributed by atoms with Crippen molar-refractivity contribution < 1.29 is 8.42 Å². The van der Waals surface area contributed by atoms with Crippen molar-refractivity contribution in [3.63, 3.8) is 0 Å². The van der Waals surface area contributed by atoms with Gasteiger partial charge in [0.2, 0.25) is 0 Å². The lowest BCUT2D eigenvalue weighted by atomic mass is 10.2. The first-order chi connectivity index (χ1) is 13.7. The van der Waals surface area contributed by atoms with Crippen LogP contribution in [0.4, 0.5) is 5.82 Å². The standard InChI is InChI=1S/C18H26N8O2S/c1-12(2)18-23-17(10-25(18)5)29(27,28)22-7-6-19-15-9-16(21-11-20-15)26-14(4)8-13(3)24-26/h8-12,22H,6-7H2,1-5H3,(H,19,20,21). The Kier molecular flexibility index (Phi) is 5.99. The van der Waals surface area contributed by atoms with Crippen molar-refractivity contribution in [2.75, 3.05) is 18.4 Å².